The predicted octanol–water partition coefficient (Wildman–Crippen LogP) is 7.61. The van der Waals surface area contributed by atoms with Gasteiger partial charge < -0.3 is 25.0 Å². The van der Waals surface area contributed by atoms with E-state index < -0.39 is 0 Å². The Labute approximate surface area is 200 Å². The van der Waals surface area contributed by atoms with E-state index in [4.69, 9.17) is 4.74 Å². The van der Waals surface area contributed by atoms with Crippen molar-refractivity contribution in [1.82, 2.24) is 0 Å². The number of hydrogen-bond donors (Lipinski definition) is 3. The highest BCUT2D eigenvalue weighted by molar-refractivity contribution is 5.84. The minimum Gasteiger partial charge on any atom is -0.508 e. The Morgan fingerprint density at radius 1 is 0.618 bits per heavy atom. The van der Waals surface area contributed by atoms with Gasteiger partial charge in [-0.3, -0.25) is 0 Å². The molecule has 4 aromatic rings. The standard InChI is InChI=1S/C29H29NO4/c1-17-9-10-26(33)27(11-17)34-25-8-6-7-22(16-25)30(28-18(2)12-23(31)13-19(28)3)29-20(4)14-24(32)15-21(29)5/h6-16,31-33H,1-5H3. The van der Waals surface area contributed by atoms with Gasteiger partial charge in [0, 0.05) is 11.8 Å². The first-order valence-corrected chi connectivity index (χ1v) is 11.1. The van der Waals surface area contributed by atoms with Gasteiger partial charge in [-0.1, -0.05) is 12.1 Å². The first-order valence-electron chi connectivity index (χ1n) is 11.1. The van der Waals surface area contributed by atoms with Gasteiger partial charge in [0.2, 0.25) is 0 Å². The van der Waals surface area contributed by atoms with Crippen LogP contribution in [0, 0.1) is 34.6 Å². The topological polar surface area (TPSA) is 73.2 Å². The Morgan fingerprint density at radius 2 is 1.15 bits per heavy atom. The average molecular weight is 456 g/mol. The Bertz CT molecular complexity index is 1270. The summed E-state index contributed by atoms with van der Waals surface area (Å²) in [6, 6.07) is 19.9. The molecule has 0 radical (unpaired) electrons. The van der Waals surface area contributed by atoms with E-state index in [1.165, 1.54) is 0 Å². The lowest BCUT2D eigenvalue weighted by Crippen LogP contribution is -2.15. The zero-order chi connectivity index (χ0) is 24.6. The average Bonchev–Trinajstić information content (AvgIpc) is 2.74. The second-order valence-electron chi connectivity index (χ2n) is 8.76. The summed E-state index contributed by atoms with van der Waals surface area (Å²) in [6.07, 6.45) is 0. The third-order valence-corrected chi connectivity index (χ3v) is 5.82. The molecule has 0 heterocycles. The highest BCUT2D eigenvalue weighted by Crippen LogP contribution is 2.45. The molecule has 34 heavy (non-hydrogen) atoms. The van der Waals surface area contributed by atoms with Crippen molar-refractivity contribution in [3.05, 3.63) is 94.5 Å². The fourth-order valence-electron chi connectivity index (χ4n) is 4.46. The summed E-state index contributed by atoms with van der Waals surface area (Å²) in [6.45, 7) is 9.80. The lowest BCUT2D eigenvalue weighted by Gasteiger charge is -2.31. The van der Waals surface area contributed by atoms with Gasteiger partial charge >= 0.3 is 0 Å². The molecule has 0 bridgehead atoms. The number of hydrogen-bond acceptors (Lipinski definition) is 5. The largest absolute Gasteiger partial charge is 0.508 e. The molecule has 174 valence electrons. The van der Waals surface area contributed by atoms with E-state index in [9.17, 15) is 15.3 Å². The summed E-state index contributed by atoms with van der Waals surface area (Å²) in [5.74, 6) is 1.46. The molecular formula is C29H29NO4. The smallest absolute Gasteiger partial charge is 0.169 e. The van der Waals surface area contributed by atoms with E-state index in [1.54, 1.807) is 36.4 Å². The van der Waals surface area contributed by atoms with Gasteiger partial charge in [0.05, 0.1) is 11.4 Å². The Morgan fingerprint density at radius 3 is 1.68 bits per heavy atom. The number of aromatic hydroxyl groups is 3. The van der Waals surface area contributed by atoms with Crippen molar-refractivity contribution in [3.8, 4) is 28.7 Å². The van der Waals surface area contributed by atoms with Crippen molar-refractivity contribution in [3.63, 3.8) is 0 Å². The maximum absolute atomic E-state index is 10.2. The molecule has 4 rings (SSSR count). The van der Waals surface area contributed by atoms with Crippen LogP contribution in [0.25, 0.3) is 0 Å². The number of aryl methyl sites for hydroxylation is 5. The SMILES string of the molecule is Cc1ccc(O)c(Oc2cccc(N(c3c(C)cc(O)cc3C)c3c(C)cc(O)cc3C)c2)c1. The maximum Gasteiger partial charge on any atom is 0.169 e. The first-order chi connectivity index (χ1) is 16.1. The molecule has 5 heteroatoms. The van der Waals surface area contributed by atoms with Crippen LogP contribution in [0.15, 0.2) is 66.7 Å². The van der Waals surface area contributed by atoms with Gasteiger partial charge in [0.25, 0.3) is 0 Å². The molecule has 3 N–H and O–H groups in total. The van der Waals surface area contributed by atoms with Crippen LogP contribution in [0.2, 0.25) is 0 Å². The molecule has 0 amide bonds. The van der Waals surface area contributed by atoms with Crippen molar-refractivity contribution in [2.24, 2.45) is 0 Å². The van der Waals surface area contributed by atoms with E-state index in [1.807, 2.05) is 65.0 Å². The second-order valence-corrected chi connectivity index (χ2v) is 8.76. The fraction of sp³-hybridized carbons (Fsp3) is 0.172. The van der Waals surface area contributed by atoms with E-state index in [0.717, 1.165) is 44.9 Å². The quantitative estimate of drug-likeness (QED) is 0.289. The number of nitrogens with zero attached hydrogens (tertiary/aromatic N) is 1. The third-order valence-electron chi connectivity index (χ3n) is 5.82. The molecule has 4 aromatic carbocycles. The summed E-state index contributed by atoms with van der Waals surface area (Å²) < 4.78 is 6.06. The predicted molar refractivity (Wildman–Crippen MR) is 136 cm³/mol. The fourth-order valence-corrected chi connectivity index (χ4v) is 4.46. The van der Waals surface area contributed by atoms with Crippen molar-refractivity contribution < 1.29 is 20.1 Å². The molecule has 0 aliphatic rings. The van der Waals surface area contributed by atoms with Crippen molar-refractivity contribution in [2.45, 2.75) is 34.6 Å². The Kier molecular flexibility index (Phi) is 6.12. The zero-order valence-corrected chi connectivity index (χ0v) is 20.0. The molecule has 0 unspecified atom stereocenters. The minimum atomic E-state index is 0.0725. The Hall–Kier alpha value is -4.12. The van der Waals surface area contributed by atoms with Crippen LogP contribution in [-0.4, -0.2) is 15.3 Å². The maximum atomic E-state index is 10.2. The van der Waals surface area contributed by atoms with Crippen LogP contribution in [0.5, 0.6) is 28.7 Å². The van der Waals surface area contributed by atoms with Gasteiger partial charge in [0.15, 0.2) is 11.5 Å². The molecule has 0 aliphatic carbocycles. The molecule has 0 aromatic heterocycles. The van der Waals surface area contributed by atoms with E-state index in [-0.39, 0.29) is 17.2 Å². The molecule has 5 nitrogen and oxygen atoms in total. The summed E-state index contributed by atoms with van der Waals surface area (Å²) >= 11 is 0. The van der Waals surface area contributed by atoms with Crippen LogP contribution in [-0.2, 0) is 0 Å². The molecule has 0 fully saturated rings. The van der Waals surface area contributed by atoms with E-state index in [2.05, 4.69) is 4.90 Å². The molecule has 0 atom stereocenters. The Balaban J connectivity index is 1.91. The van der Waals surface area contributed by atoms with Crippen LogP contribution >= 0.6 is 0 Å². The number of phenols is 3. The molecule has 0 spiro atoms. The monoisotopic (exact) mass is 455 g/mol. The van der Waals surface area contributed by atoms with Crippen molar-refractivity contribution in [2.75, 3.05) is 4.90 Å². The van der Waals surface area contributed by atoms with Gasteiger partial charge in [0.1, 0.15) is 17.2 Å². The summed E-state index contributed by atoms with van der Waals surface area (Å²) in [4.78, 5) is 2.12. The highest BCUT2D eigenvalue weighted by Gasteiger charge is 2.22. The van der Waals surface area contributed by atoms with Crippen molar-refractivity contribution in [1.29, 1.82) is 0 Å². The number of benzene rings is 4. The van der Waals surface area contributed by atoms with Gasteiger partial charge in [-0.15, -0.1) is 0 Å². The summed E-state index contributed by atoms with van der Waals surface area (Å²) in [5, 5.41) is 30.5. The number of phenolic OH excluding ortho intramolecular Hbond substituents is 3. The minimum absolute atomic E-state index is 0.0725. The first kappa shape index (κ1) is 23.1. The number of ether oxygens (including phenoxy) is 1. The zero-order valence-electron chi connectivity index (χ0n) is 20.0. The van der Waals surface area contributed by atoms with Gasteiger partial charge in [-0.25, -0.2) is 0 Å². The van der Waals surface area contributed by atoms with Crippen LogP contribution in [0.3, 0.4) is 0 Å². The molecule has 0 saturated carbocycles. The molecule has 0 saturated heterocycles. The lowest BCUT2D eigenvalue weighted by molar-refractivity contribution is 0.411. The van der Waals surface area contributed by atoms with Crippen molar-refractivity contribution >= 4 is 17.1 Å². The van der Waals surface area contributed by atoms with Gasteiger partial charge in [-0.2, -0.15) is 0 Å². The molecule has 0 aliphatic heterocycles. The van der Waals surface area contributed by atoms with Gasteiger partial charge in [-0.05, 0) is 111 Å². The highest BCUT2D eigenvalue weighted by atomic mass is 16.5. The van der Waals surface area contributed by atoms with E-state index >= 15 is 0 Å². The van der Waals surface area contributed by atoms with Crippen LogP contribution in [0.4, 0.5) is 17.1 Å². The number of anilines is 3. The van der Waals surface area contributed by atoms with Crippen LogP contribution in [0.1, 0.15) is 27.8 Å². The summed E-state index contributed by atoms with van der Waals surface area (Å²) in [5.41, 5.74) is 7.34. The summed E-state index contributed by atoms with van der Waals surface area (Å²) in [7, 11) is 0. The third kappa shape index (κ3) is 4.50. The number of rotatable bonds is 5. The second kappa shape index (κ2) is 9.02. The lowest BCUT2D eigenvalue weighted by atomic mass is 10.0. The normalized spacial score (nSPS) is 10.9. The van der Waals surface area contributed by atoms with Crippen LogP contribution < -0.4 is 9.64 Å². The van der Waals surface area contributed by atoms with E-state index in [0.29, 0.717) is 11.5 Å². The molecular weight excluding hydrogens is 426 g/mol.